The van der Waals surface area contributed by atoms with Crippen LogP contribution in [0.25, 0.3) is 11.0 Å². The summed E-state index contributed by atoms with van der Waals surface area (Å²) in [5.41, 5.74) is 1.02. The van der Waals surface area contributed by atoms with E-state index < -0.39 is 0 Å². The molecular formula is C12H9ClN5O2+. The Hall–Kier alpha value is -2.67. The van der Waals surface area contributed by atoms with E-state index in [0.717, 1.165) is 0 Å². The van der Waals surface area contributed by atoms with E-state index in [9.17, 15) is 10.4 Å². The van der Waals surface area contributed by atoms with Crippen LogP contribution in [0.15, 0.2) is 42.7 Å². The summed E-state index contributed by atoms with van der Waals surface area (Å²) < 4.78 is 0.556. The maximum absolute atomic E-state index is 12.2. The van der Waals surface area contributed by atoms with E-state index in [1.54, 1.807) is 24.4 Å². The zero-order valence-electron chi connectivity index (χ0n) is 10.1. The lowest BCUT2D eigenvalue weighted by atomic mass is 10.3. The fourth-order valence-corrected chi connectivity index (χ4v) is 1.93. The van der Waals surface area contributed by atoms with Crippen LogP contribution in [0.2, 0.25) is 5.02 Å². The molecule has 3 aromatic rings. The fraction of sp³-hybridized carbons (Fsp3) is 0. The van der Waals surface area contributed by atoms with Crippen molar-refractivity contribution in [1.29, 1.82) is 0 Å². The average molecular weight is 291 g/mol. The standard InChI is InChI=1S/C12H9ClN5O2/c13-8-3-4-10-11(6-8)17(19)12(16-18(10)20)15-9-2-1-5-14-7-9/h1-7H,(H2,15,16,20)/q+1. The van der Waals surface area contributed by atoms with Crippen LogP contribution in [0.5, 0.6) is 0 Å². The molecule has 0 saturated carbocycles. The van der Waals surface area contributed by atoms with E-state index in [4.69, 9.17) is 11.6 Å². The Morgan fingerprint density at radius 1 is 1.25 bits per heavy atom. The van der Waals surface area contributed by atoms with Crippen LogP contribution < -0.4 is 14.9 Å². The summed E-state index contributed by atoms with van der Waals surface area (Å²) in [5.74, 6) is -0.0877. The van der Waals surface area contributed by atoms with Gasteiger partial charge in [-0.05, 0) is 18.2 Å². The van der Waals surface area contributed by atoms with Crippen molar-refractivity contribution in [3.63, 3.8) is 0 Å². The normalized spacial score (nSPS) is 10.7. The topological polar surface area (TPSA) is 88.9 Å². The van der Waals surface area contributed by atoms with Gasteiger partial charge in [0.15, 0.2) is 5.52 Å². The number of aromatic nitrogens is 4. The molecule has 2 N–H and O–H groups in total. The van der Waals surface area contributed by atoms with Crippen molar-refractivity contribution < 1.29 is 14.8 Å². The molecule has 2 heterocycles. The number of hydrogen-bond donors (Lipinski definition) is 2. The van der Waals surface area contributed by atoms with Gasteiger partial charge in [-0.15, -0.1) is 0 Å². The van der Waals surface area contributed by atoms with E-state index >= 15 is 0 Å². The van der Waals surface area contributed by atoms with Crippen molar-refractivity contribution in [2.45, 2.75) is 0 Å². The molecule has 0 fully saturated rings. The first-order chi connectivity index (χ1) is 9.65. The summed E-state index contributed by atoms with van der Waals surface area (Å²) in [6, 6.07) is 7.95. The van der Waals surface area contributed by atoms with Crippen molar-refractivity contribution in [2.75, 3.05) is 5.32 Å². The van der Waals surface area contributed by atoms with Crippen molar-refractivity contribution in [3.05, 3.63) is 53.0 Å². The second-order valence-electron chi connectivity index (χ2n) is 4.01. The third-order valence-corrected chi connectivity index (χ3v) is 2.91. The minimum atomic E-state index is -0.0877. The largest absolute Gasteiger partial charge is 0.739 e. The Bertz CT molecular complexity index is 782. The smallest absolute Gasteiger partial charge is 0.469 e. The van der Waals surface area contributed by atoms with E-state index in [0.29, 0.717) is 20.3 Å². The van der Waals surface area contributed by atoms with E-state index in [1.807, 2.05) is 0 Å². The predicted octanol–water partition coefficient (Wildman–Crippen LogP) is 1.18. The van der Waals surface area contributed by atoms with Gasteiger partial charge in [0.1, 0.15) is 5.69 Å². The molecule has 100 valence electrons. The summed E-state index contributed by atoms with van der Waals surface area (Å²) in [4.78, 5) is 4.54. The van der Waals surface area contributed by atoms with Crippen LogP contribution in [-0.4, -0.2) is 15.3 Å². The molecule has 2 aromatic heterocycles. The minimum absolute atomic E-state index is 0.0877. The molecule has 0 aliphatic carbocycles. The van der Waals surface area contributed by atoms with Gasteiger partial charge in [0.2, 0.25) is 9.94 Å². The monoisotopic (exact) mass is 290 g/mol. The maximum Gasteiger partial charge on any atom is 0.469 e. The zero-order chi connectivity index (χ0) is 14.1. The highest BCUT2D eigenvalue weighted by Gasteiger charge is 2.24. The Kier molecular flexibility index (Phi) is 2.96. The number of hydrogen-bond acceptors (Lipinski definition) is 5. The van der Waals surface area contributed by atoms with Crippen LogP contribution >= 0.6 is 11.6 Å². The molecule has 0 amide bonds. The number of nitrogens with zero attached hydrogens (tertiary/aromatic N) is 4. The highest BCUT2D eigenvalue weighted by molar-refractivity contribution is 6.31. The van der Waals surface area contributed by atoms with Gasteiger partial charge in [0.05, 0.1) is 6.20 Å². The van der Waals surface area contributed by atoms with Crippen LogP contribution in [0.3, 0.4) is 0 Å². The molecule has 3 rings (SSSR count). The quantitative estimate of drug-likeness (QED) is 0.420. The molecule has 0 unspecified atom stereocenters. The SMILES string of the molecule is [O-][n+]1c(Nc2cccnc2)n[n+](O)c2ccc(Cl)cc21. The van der Waals surface area contributed by atoms with Gasteiger partial charge >= 0.3 is 11.5 Å². The first kappa shape index (κ1) is 12.4. The lowest BCUT2D eigenvalue weighted by molar-refractivity contribution is -0.933. The van der Waals surface area contributed by atoms with Crippen LogP contribution in [0, 0.1) is 5.21 Å². The predicted molar refractivity (Wildman–Crippen MR) is 70.6 cm³/mol. The van der Waals surface area contributed by atoms with Crippen molar-refractivity contribution in [2.24, 2.45) is 0 Å². The maximum atomic E-state index is 12.2. The molecule has 0 radical (unpaired) electrons. The van der Waals surface area contributed by atoms with E-state index in [1.165, 1.54) is 18.3 Å². The number of rotatable bonds is 2. The van der Waals surface area contributed by atoms with Gasteiger partial charge in [-0.25, -0.2) is 15.3 Å². The van der Waals surface area contributed by atoms with Crippen molar-refractivity contribution >= 4 is 34.3 Å². The van der Waals surface area contributed by atoms with Gasteiger partial charge in [-0.1, -0.05) is 11.6 Å². The third-order valence-electron chi connectivity index (χ3n) is 2.67. The minimum Gasteiger partial charge on any atom is -0.739 e. The van der Waals surface area contributed by atoms with Crippen molar-refractivity contribution in [1.82, 2.24) is 10.1 Å². The molecule has 0 atom stereocenters. The average Bonchev–Trinajstić information content (AvgIpc) is 2.45. The number of benzene rings is 1. The number of nitrogens with one attached hydrogen (secondary N) is 1. The lowest BCUT2D eigenvalue weighted by Gasteiger charge is -2.07. The van der Waals surface area contributed by atoms with Gasteiger partial charge in [-0.2, -0.15) is 0 Å². The molecule has 0 bridgehead atoms. The molecule has 8 heteroatoms. The van der Waals surface area contributed by atoms with Gasteiger partial charge < -0.3 is 5.21 Å². The zero-order valence-corrected chi connectivity index (χ0v) is 10.8. The Labute approximate surface area is 118 Å². The highest BCUT2D eigenvalue weighted by Crippen LogP contribution is 2.15. The number of anilines is 2. The Balaban J connectivity index is 2.14. The molecule has 0 spiro atoms. The van der Waals surface area contributed by atoms with Crippen molar-refractivity contribution in [3.8, 4) is 0 Å². The molecule has 0 saturated heterocycles. The van der Waals surface area contributed by atoms with Gasteiger partial charge in [-0.3, -0.25) is 4.98 Å². The Morgan fingerprint density at radius 3 is 2.85 bits per heavy atom. The number of pyridine rings is 1. The highest BCUT2D eigenvalue weighted by atomic mass is 35.5. The molecular weight excluding hydrogens is 282 g/mol. The lowest BCUT2D eigenvalue weighted by Crippen LogP contribution is -2.45. The third kappa shape index (κ3) is 2.14. The number of halogens is 1. The Morgan fingerprint density at radius 2 is 2.10 bits per heavy atom. The summed E-state index contributed by atoms with van der Waals surface area (Å²) in [6.07, 6.45) is 3.14. The van der Waals surface area contributed by atoms with Crippen LogP contribution in [0.4, 0.5) is 11.6 Å². The van der Waals surface area contributed by atoms with E-state index in [2.05, 4.69) is 15.4 Å². The van der Waals surface area contributed by atoms with Gasteiger partial charge in [0, 0.05) is 23.4 Å². The van der Waals surface area contributed by atoms with Gasteiger partial charge in [0.25, 0.3) is 0 Å². The second kappa shape index (κ2) is 4.78. The molecule has 20 heavy (non-hydrogen) atoms. The first-order valence-electron chi connectivity index (χ1n) is 5.66. The summed E-state index contributed by atoms with van der Waals surface area (Å²) >= 11 is 5.86. The number of fused-ring (bicyclic) bond motifs is 1. The second-order valence-corrected chi connectivity index (χ2v) is 4.44. The van der Waals surface area contributed by atoms with E-state index in [-0.39, 0.29) is 17.0 Å². The fourth-order valence-electron chi connectivity index (χ4n) is 1.77. The molecule has 0 aliphatic rings. The summed E-state index contributed by atoms with van der Waals surface area (Å²) in [6.45, 7) is 0. The summed E-state index contributed by atoms with van der Waals surface area (Å²) in [7, 11) is 0. The molecule has 7 nitrogen and oxygen atoms in total. The van der Waals surface area contributed by atoms with Crippen LogP contribution in [0.1, 0.15) is 0 Å². The molecule has 0 aliphatic heterocycles. The first-order valence-corrected chi connectivity index (χ1v) is 6.04. The summed E-state index contributed by atoms with van der Waals surface area (Å²) in [5, 5.41) is 29.0. The molecule has 1 aromatic carbocycles. The van der Waals surface area contributed by atoms with Crippen LogP contribution in [-0.2, 0) is 0 Å².